The van der Waals surface area contributed by atoms with E-state index >= 15 is 0 Å². The van der Waals surface area contributed by atoms with Crippen molar-refractivity contribution in [2.45, 2.75) is 4.90 Å². The predicted octanol–water partition coefficient (Wildman–Crippen LogP) is -5.86. The molecule has 1 aromatic carbocycles. The molecule has 0 bridgehead atoms. The van der Waals surface area contributed by atoms with E-state index in [1.807, 2.05) is 0 Å². The number of primary sulfonamides is 1. The Balaban J connectivity index is 0.00000196. The minimum atomic E-state index is -3.83. The second kappa shape index (κ2) is 5.54. The van der Waals surface area contributed by atoms with Crippen molar-refractivity contribution in [2.24, 2.45) is 5.14 Å². The van der Waals surface area contributed by atoms with E-state index in [1.165, 1.54) is 0 Å². The number of hydrogen-bond acceptors (Lipinski definition) is 5. The fourth-order valence-corrected chi connectivity index (χ4v) is 2.56. The van der Waals surface area contributed by atoms with Crippen LogP contribution in [0.5, 0.6) is 0 Å². The van der Waals surface area contributed by atoms with Crippen molar-refractivity contribution < 1.29 is 45.8 Å². The molecular formula is C6H8AsN2NaO4S. The van der Waals surface area contributed by atoms with Crippen LogP contribution < -0.4 is 48.9 Å². The average Bonchev–Trinajstić information content (AvgIpc) is 2.01. The predicted molar refractivity (Wildman–Crippen MR) is 49.7 cm³/mol. The van der Waals surface area contributed by atoms with E-state index in [0.29, 0.717) is 0 Å². The van der Waals surface area contributed by atoms with Crippen molar-refractivity contribution in [2.75, 3.05) is 5.73 Å². The molecular weight excluding hydrogens is 294 g/mol. The summed E-state index contributed by atoms with van der Waals surface area (Å²) in [5.74, 6) is 0. The van der Waals surface area contributed by atoms with Gasteiger partial charge in [-0.25, -0.2) is 0 Å². The van der Waals surface area contributed by atoms with Gasteiger partial charge in [-0.15, -0.1) is 0 Å². The van der Waals surface area contributed by atoms with E-state index in [-0.39, 0.29) is 44.5 Å². The monoisotopic (exact) mass is 302 g/mol. The minimum Gasteiger partial charge on any atom is 1.00 e. The normalized spacial score (nSPS) is 12.9. The number of benzene rings is 1. The Bertz CT molecular complexity index is 490. The zero-order valence-electron chi connectivity index (χ0n) is 7.93. The van der Waals surface area contributed by atoms with Gasteiger partial charge in [0.1, 0.15) is 0 Å². The Hall–Kier alpha value is 0.248. The van der Waals surface area contributed by atoms with Crippen LogP contribution >= 0.6 is 0 Å². The van der Waals surface area contributed by atoms with Crippen LogP contribution in [0.3, 0.4) is 0 Å². The van der Waals surface area contributed by atoms with Gasteiger partial charge >= 0.3 is 115 Å². The van der Waals surface area contributed by atoms with E-state index in [1.54, 1.807) is 0 Å². The summed E-state index contributed by atoms with van der Waals surface area (Å²) < 4.78 is 43.0. The summed E-state index contributed by atoms with van der Waals surface area (Å²) in [6, 6.07) is 3.29. The molecule has 0 amide bonds. The van der Waals surface area contributed by atoms with Gasteiger partial charge in [-0.2, -0.15) is 0 Å². The summed E-state index contributed by atoms with van der Waals surface area (Å²) in [6.45, 7) is 0. The summed E-state index contributed by atoms with van der Waals surface area (Å²) >= 11 is -3.76. The van der Waals surface area contributed by atoms with Crippen LogP contribution in [0.4, 0.5) is 5.69 Å². The molecule has 78 valence electrons. The third kappa shape index (κ3) is 3.95. The van der Waals surface area contributed by atoms with Crippen molar-refractivity contribution in [1.29, 1.82) is 0 Å². The van der Waals surface area contributed by atoms with Crippen LogP contribution in [-0.4, -0.2) is 23.3 Å². The van der Waals surface area contributed by atoms with Crippen LogP contribution in [0.15, 0.2) is 23.1 Å². The zero-order chi connectivity index (χ0) is 10.9. The number of anilines is 1. The summed E-state index contributed by atoms with van der Waals surface area (Å²) in [6.07, 6.45) is 0. The minimum absolute atomic E-state index is 0. The van der Waals surface area contributed by atoms with Gasteiger partial charge in [0.15, 0.2) is 0 Å². The van der Waals surface area contributed by atoms with Crippen LogP contribution in [0.1, 0.15) is 0 Å². The van der Waals surface area contributed by atoms with Crippen molar-refractivity contribution in [3.63, 3.8) is 0 Å². The summed E-state index contributed by atoms with van der Waals surface area (Å²) in [4.78, 5) is -0.196. The second-order valence-electron chi connectivity index (χ2n) is 2.58. The topological polar surface area (TPSA) is 126 Å². The quantitative estimate of drug-likeness (QED) is 0.415. The molecule has 0 radical (unpaired) electrons. The van der Waals surface area contributed by atoms with Gasteiger partial charge < -0.3 is 0 Å². The zero-order valence-corrected chi connectivity index (χ0v) is 12.8. The van der Waals surface area contributed by atoms with Crippen molar-refractivity contribution in [1.82, 2.24) is 0 Å². The molecule has 1 rings (SSSR count). The molecule has 0 aromatic heterocycles. The molecule has 1 atom stereocenters. The number of hydrogen-bond donors (Lipinski definition) is 2. The Labute approximate surface area is 114 Å². The van der Waals surface area contributed by atoms with Crippen LogP contribution in [0, 0.1) is 0 Å². The first-order valence-corrected chi connectivity index (χ1v) is 7.77. The molecule has 1 unspecified atom stereocenters. The van der Waals surface area contributed by atoms with E-state index in [9.17, 15) is 16.3 Å². The van der Waals surface area contributed by atoms with Gasteiger partial charge in [0.05, 0.1) is 0 Å². The molecule has 0 heterocycles. The molecule has 0 aliphatic carbocycles. The van der Waals surface area contributed by atoms with E-state index in [0.717, 1.165) is 18.2 Å². The number of sulfonamides is 1. The second-order valence-corrected chi connectivity index (χ2v) is 6.48. The van der Waals surface area contributed by atoms with Gasteiger partial charge in [0.25, 0.3) is 0 Å². The molecule has 15 heavy (non-hydrogen) atoms. The van der Waals surface area contributed by atoms with Crippen molar-refractivity contribution in [3.8, 4) is 0 Å². The Kier molecular flexibility index (Phi) is 5.63. The van der Waals surface area contributed by atoms with Gasteiger partial charge in [-0.05, 0) is 0 Å². The summed E-state index contributed by atoms with van der Waals surface area (Å²) in [7, 11) is -3.83. The molecule has 4 N–H and O–H groups in total. The van der Waals surface area contributed by atoms with Gasteiger partial charge in [0.2, 0.25) is 0 Å². The van der Waals surface area contributed by atoms with Crippen LogP contribution in [0.2, 0.25) is 0 Å². The van der Waals surface area contributed by atoms with Crippen LogP contribution in [-0.2, 0) is 13.8 Å². The van der Waals surface area contributed by atoms with Gasteiger partial charge in [-0.3, -0.25) is 0 Å². The van der Waals surface area contributed by atoms with Crippen molar-refractivity contribution in [3.05, 3.63) is 18.2 Å². The molecule has 9 heteroatoms. The van der Waals surface area contributed by atoms with Crippen LogP contribution in [0.25, 0.3) is 0 Å². The number of nitrogen functional groups attached to an aromatic ring is 1. The molecule has 1 aromatic rings. The smallest absolute Gasteiger partial charge is 1.00 e. The molecule has 0 aliphatic rings. The Morgan fingerprint density at radius 3 is 2.20 bits per heavy atom. The SMILES string of the molecule is Nc1cc(S(N)(=O)=O)ccc1[AsH](=O)[O-].[Na+]. The fourth-order valence-electron chi connectivity index (χ4n) is 0.904. The van der Waals surface area contributed by atoms with Crippen molar-refractivity contribution >= 4 is 35.0 Å². The average molecular weight is 302 g/mol. The maximum atomic E-state index is 10.8. The molecule has 0 fully saturated rings. The summed E-state index contributed by atoms with van der Waals surface area (Å²) in [5.41, 5.74) is 5.25. The Morgan fingerprint density at radius 2 is 1.87 bits per heavy atom. The third-order valence-corrected chi connectivity index (χ3v) is 4.36. The first-order chi connectivity index (χ1) is 6.32. The maximum absolute atomic E-state index is 10.8. The first-order valence-electron chi connectivity index (χ1n) is 3.46. The molecule has 0 aliphatic heterocycles. The standard InChI is InChI=1S/C6H9AsN2O4S.Na/c8-6-3-4(14(9,12)13)1-2-5(6)7(10)11;/h1-3,7H,8H2,(H,10,11)(H2,9,12,13);/q;+1/p-1. The van der Waals surface area contributed by atoms with E-state index < -0.39 is 25.0 Å². The van der Waals surface area contributed by atoms with Gasteiger partial charge in [0, 0.05) is 0 Å². The summed E-state index contributed by atoms with van der Waals surface area (Å²) in [5, 5.41) is 4.83. The van der Waals surface area contributed by atoms with Gasteiger partial charge in [-0.1, -0.05) is 0 Å². The molecule has 6 nitrogen and oxygen atoms in total. The van der Waals surface area contributed by atoms with E-state index in [2.05, 4.69) is 0 Å². The first kappa shape index (κ1) is 15.2. The maximum Gasteiger partial charge on any atom is 1.00 e. The van der Waals surface area contributed by atoms with E-state index in [4.69, 9.17) is 10.9 Å². The Morgan fingerprint density at radius 1 is 1.33 bits per heavy atom. The molecule has 0 saturated heterocycles. The molecule has 0 spiro atoms. The number of nitrogens with two attached hydrogens (primary N) is 2. The number of rotatable bonds is 2. The largest absolute Gasteiger partial charge is 1.00 e. The third-order valence-electron chi connectivity index (χ3n) is 1.57. The fraction of sp³-hybridized carbons (Fsp3) is 0. The molecule has 0 saturated carbocycles.